The summed E-state index contributed by atoms with van der Waals surface area (Å²) in [6, 6.07) is 27.7. The smallest absolute Gasteiger partial charge is 0.229 e. The zero-order valence-electron chi connectivity index (χ0n) is 28.0. The van der Waals surface area contributed by atoms with Crippen molar-refractivity contribution in [1.29, 1.82) is 5.26 Å². The maximum atomic E-state index is 12.5. The van der Waals surface area contributed by atoms with E-state index in [1.54, 1.807) is 11.1 Å². The summed E-state index contributed by atoms with van der Waals surface area (Å²) in [6.07, 6.45) is 6.64. The van der Waals surface area contributed by atoms with E-state index in [1.807, 2.05) is 118 Å². The van der Waals surface area contributed by atoms with Gasteiger partial charge in [0.15, 0.2) is 0 Å². The number of aldehydes is 1. The standard InChI is InChI=1S/C31H30N8O.C6H11NO/c1-33-25-10-7-11-27(16-25)39(21-40)30-24(20-37(2)19-22-8-5-4-6-9-22)18-34-31(36-30)35-26-12-13-29-23(14-26)15-28(17-32)38(29)3;1-7(2)5-3-4-6-8/h4-16,18,21,33H,19-20H2,1-3H3,(H,34,35,36);3-4,6H,5H2,1-2H3/b;4-3+. The Hall–Kier alpha value is -5.83. The van der Waals surface area contributed by atoms with Gasteiger partial charge in [-0.15, -0.1) is 0 Å². The molecule has 2 heterocycles. The number of nitrogens with zero attached hydrogens (tertiary/aromatic N) is 7. The maximum Gasteiger partial charge on any atom is 0.229 e. The third-order valence-corrected chi connectivity index (χ3v) is 7.42. The SMILES string of the molecule is CN(C)C/C=C/C=O.CNc1cccc(N(C=O)c2nc(Nc3ccc4c(c3)cc(C#N)n4C)ncc2CN(C)Cc2ccccc2)c1. The Kier molecular flexibility index (Phi) is 12.5. The number of carbonyl (C=O) groups is 2. The number of nitriles is 1. The number of amides is 1. The minimum Gasteiger partial charge on any atom is -0.388 e. The molecule has 11 nitrogen and oxygen atoms in total. The molecule has 0 unspecified atom stereocenters. The second-order valence-electron chi connectivity index (χ2n) is 11.4. The predicted octanol–water partition coefficient (Wildman–Crippen LogP) is 5.85. The molecule has 1 amide bonds. The van der Waals surface area contributed by atoms with Crippen LogP contribution in [0.4, 0.5) is 28.8 Å². The lowest BCUT2D eigenvalue weighted by Gasteiger charge is -2.24. The van der Waals surface area contributed by atoms with Gasteiger partial charge in [0.2, 0.25) is 12.4 Å². The van der Waals surface area contributed by atoms with Crippen LogP contribution in [-0.2, 0) is 29.7 Å². The molecule has 0 saturated carbocycles. The molecule has 0 aliphatic rings. The number of hydrogen-bond donors (Lipinski definition) is 2. The molecule has 0 fully saturated rings. The number of nitrogens with one attached hydrogen (secondary N) is 2. The summed E-state index contributed by atoms with van der Waals surface area (Å²) in [5.74, 6) is 0.852. The highest BCUT2D eigenvalue weighted by Crippen LogP contribution is 2.30. The third-order valence-electron chi connectivity index (χ3n) is 7.42. The summed E-state index contributed by atoms with van der Waals surface area (Å²) < 4.78 is 1.86. The Morgan fingerprint density at radius 1 is 0.938 bits per heavy atom. The van der Waals surface area contributed by atoms with Crippen molar-refractivity contribution in [3.8, 4) is 6.07 Å². The van der Waals surface area contributed by atoms with E-state index < -0.39 is 0 Å². The van der Waals surface area contributed by atoms with Crippen LogP contribution in [0.3, 0.4) is 0 Å². The molecule has 246 valence electrons. The average Bonchev–Trinajstić information content (AvgIpc) is 3.41. The molecule has 3 aromatic carbocycles. The summed E-state index contributed by atoms with van der Waals surface area (Å²) in [5, 5.41) is 16.7. The van der Waals surface area contributed by atoms with Crippen molar-refractivity contribution in [2.45, 2.75) is 13.1 Å². The fourth-order valence-corrected chi connectivity index (χ4v) is 5.06. The summed E-state index contributed by atoms with van der Waals surface area (Å²) in [7, 11) is 9.64. The fourth-order valence-electron chi connectivity index (χ4n) is 5.06. The number of allylic oxidation sites excluding steroid dienone is 1. The minimum absolute atomic E-state index is 0.358. The van der Waals surface area contributed by atoms with Gasteiger partial charge < -0.3 is 20.1 Å². The number of rotatable bonds is 13. The van der Waals surface area contributed by atoms with Gasteiger partial charge in [-0.3, -0.25) is 19.4 Å². The first-order valence-corrected chi connectivity index (χ1v) is 15.4. The highest BCUT2D eigenvalue weighted by molar-refractivity contribution is 5.88. The van der Waals surface area contributed by atoms with Crippen molar-refractivity contribution in [3.63, 3.8) is 0 Å². The molecule has 0 aliphatic heterocycles. The van der Waals surface area contributed by atoms with Gasteiger partial charge in [0.05, 0.1) is 5.69 Å². The van der Waals surface area contributed by atoms with Gasteiger partial charge in [0, 0.05) is 67.8 Å². The van der Waals surface area contributed by atoms with Crippen LogP contribution in [0, 0.1) is 11.3 Å². The first-order chi connectivity index (χ1) is 23.3. The van der Waals surface area contributed by atoms with Crippen LogP contribution in [-0.4, -0.2) is 71.8 Å². The van der Waals surface area contributed by atoms with E-state index in [2.05, 4.69) is 38.7 Å². The zero-order chi connectivity index (χ0) is 34.5. The van der Waals surface area contributed by atoms with Crippen LogP contribution < -0.4 is 15.5 Å². The Morgan fingerprint density at radius 2 is 1.73 bits per heavy atom. The first kappa shape index (κ1) is 35.0. The number of fused-ring (bicyclic) bond motifs is 1. The maximum absolute atomic E-state index is 12.5. The molecule has 2 aromatic heterocycles. The Morgan fingerprint density at radius 3 is 2.42 bits per heavy atom. The van der Waals surface area contributed by atoms with Crippen molar-refractivity contribution in [2.75, 3.05) is 50.3 Å². The molecular formula is C37H41N9O2. The molecule has 2 N–H and O–H groups in total. The van der Waals surface area contributed by atoms with Crippen molar-refractivity contribution in [1.82, 2.24) is 24.3 Å². The largest absolute Gasteiger partial charge is 0.388 e. The van der Waals surface area contributed by atoms with Gasteiger partial charge in [0.25, 0.3) is 0 Å². The molecular weight excluding hydrogens is 602 g/mol. The summed E-state index contributed by atoms with van der Waals surface area (Å²) in [5.41, 5.74) is 5.88. The van der Waals surface area contributed by atoms with Gasteiger partial charge in [-0.25, -0.2) is 4.98 Å². The highest BCUT2D eigenvalue weighted by Gasteiger charge is 2.19. The Bertz CT molecular complexity index is 1890. The van der Waals surface area contributed by atoms with Crippen LogP contribution in [0.5, 0.6) is 0 Å². The molecule has 0 saturated heterocycles. The number of anilines is 5. The molecule has 48 heavy (non-hydrogen) atoms. The molecule has 0 radical (unpaired) electrons. The van der Waals surface area contributed by atoms with Gasteiger partial charge in [-0.1, -0.05) is 42.5 Å². The van der Waals surface area contributed by atoms with Crippen LogP contribution in [0.2, 0.25) is 0 Å². The number of aromatic nitrogens is 3. The van der Waals surface area contributed by atoms with Gasteiger partial charge >= 0.3 is 0 Å². The monoisotopic (exact) mass is 643 g/mol. The lowest BCUT2D eigenvalue weighted by Crippen LogP contribution is -2.23. The molecule has 0 aliphatic carbocycles. The zero-order valence-corrected chi connectivity index (χ0v) is 28.0. The molecule has 0 spiro atoms. The molecule has 0 bridgehead atoms. The number of likely N-dealkylation sites (N-methyl/N-ethyl adjacent to an activating group) is 1. The highest BCUT2D eigenvalue weighted by atomic mass is 16.1. The summed E-state index contributed by atoms with van der Waals surface area (Å²) >= 11 is 0. The van der Waals surface area contributed by atoms with Gasteiger partial charge in [0.1, 0.15) is 23.9 Å². The van der Waals surface area contributed by atoms with Crippen molar-refractivity contribution in [2.24, 2.45) is 7.05 Å². The van der Waals surface area contributed by atoms with E-state index in [1.165, 1.54) is 11.6 Å². The lowest BCUT2D eigenvalue weighted by atomic mass is 10.2. The normalized spacial score (nSPS) is 10.9. The molecule has 11 heteroatoms. The predicted molar refractivity (Wildman–Crippen MR) is 193 cm³/mol. The van der Waals surface area contributed by atoms with Crippen LogP contribution in [0.25, 0.3) is 10.9 Å². The Labute approximate surface area is 281 Å². The van der Waals surface area contributed by atoms with E-state index in [0.29, 0.717) is 29.7 Å². The van der Waals surface area contributed by atoms with Crippen molar-refractivity contribution >= 4 is 52.4 Å². The van der Waals surface area contributed by atoms with E-state index in [4.69, 9.17) is 4.98 Å². The fraction of sp³-hybridized carbons (Fsp3) is 0.216. The van der Waals surface area contributed by atoms with Gasteiger partial charge in [-0.05, 0) is 75.2 Å². The van der Waals surface area contributed by atoms with Crippen LogP contribution >= 0.6 is 0 Å². The van der Waals surface area contributed by atoms with E-state index in [9.17, 15) is 14.9 Å². The Balaban J connectivity index is 0.000000579. The summed E-state index contributed by atoms with van der Waals surface area (Å²) in [6.45, 7) is 2.10. The number of benzene rings is 3. The lowest BCUT2D eigenvalue weighted by molar-refractivity contribution is -0.107. The van der Waals surface area contributed by atoms with Crippen molar-refractivity contribution < 1.29 is 9.59 Å². The van der Waals surface area contributed by atoms with Gasteiger partial charge in [-0.2, -0.15) is 10.2 Å². The third kappa shape index (κ3) is 9.35. The van der Waals surface area contributed by atoms with E-state index in [-0.39, 0.29) is 0 Å². The number of carbonyl (C=O) groups excluding carboxylic acids is 2. The second-order valence-corrected chi connectivity index (χ2v) is 11.4. The van der Waals surface area contributed by atoms with E-state index in [0.717, 1.165) is 53.6 Å². The topological polar surface area (TPSA) is 122 Å². The quantitative estimate of drug-likeness (QED) is 0.120. The summed E-state index contributed by atoms with van der Waals surface area (Å²) in [4.78, 5) is 37.3. The molecule has 0 atom stereocenters. The van der Waals surface area contributed by atoms with Crippen molar-refractivity contribution in [3.05, 3.63) is 114 Å². The molecule has 5 rings (SSSR count). The van der Waals surface area contributed by atoms with Crippen LogP contribution in [0.1, 0.15) is 16.8 Å². The van der Waals surface area contributed by atoms with E-state index >= 15 is 0 Å². The number of aryl methyl sites for hydroxylation is 1. The van der Waals surface area contributed by atoms with Crippen LogP contribution in [0.15, 0.2) is 97.2 Å². The average molecular weight is 644 g/mol. The first-order valence-electron chi connectivity index (χ1n) is 15.4. The number of hydrogen-bond acceptors (Lipinski definition) is 9. The second kappa shape index (κ2) is 17.2. The minimum atomic E-state index is 0.358. The molecule has 5 aromatic rings.